The third-order valence-corrected chi connectivity index (χ3v) is 3.30. The van der Waals surface area contributed by atoms with E-state index in [2.05, 4.69) is 36.9 Å². The Morgan fingerprint density at radius 2 is 1.88 bits per heavy atom. The molecule has 0 bridgehead atoms. The van der Waals surface area contributed by atoms with Crippen molar-refractivity contribution in [3.8, 4) is 0 Å². The number of rotatable bonds is 4. The molecular formula is C16H15BrN4O3. The van der Waals surface area contributed by atoms with E-state index in [1.54, 1.807) is 37.3 Å². The second-order valence-corrected chi connectivity index (χ2v) is 6.18. The number of imide groups is 1. The molecule has 3 N–H and O–H groups in total. The number of carbonyl (C=O) groups excluding carboxylic acids is 3. The molecule has 1 atom stereocenters. The quantitative estimate of drug-likeness (QED) is 0.698. The highest BCUT2D eigenvalue weighted by Crippen LogP contribution is 2.12. The van der Waals surface area contributed by atoms with Gasteiger partial charge in [0.05, 0.1) is 4.83 Å². The number of nitrogens with one attached hydrogen (secondary N) is 3. The average molecular weight is 391 g/mol. The lowest BCUT2D eigenvalue weighted by molar-refractivity contribution is -0.115. The van der Waals surface area contributed by atoms with Crippen LogP contribution in [0.1, 0.15) is 17.3 Å². The summed E-state index contributed by atoms with van der Waals surface area (Å²) in [5.74, 6) is -0.498. The molecule has 2 aromatic rings. The van der Waals surface area contributed by atoms with E-state index in [1.807, 2.05) is 0 Å². The van der Waals surface area contributed by atoms with E-state index in [-0.39, 0.29) is 16.3 Å². The van der Waals surface area contributed by atoms with Gasteiger partial charge in [0.15, 0.2) is 0 Å². The maximum absolute atomic E-state index is 12.1. The molecule has 0 fully saturated rings. The standard InChI is InChI=1S/C16H15BrN4O3/c1-10(17)14(22)19-12-6-4-5-11(9-12)15(23)21-16(24)20-13-7-2-3-8-18-13/h2-10H,1H3,(H,19,22)(H2,18,20,21,23,24). The van der Waals surface area contributed by atoms with Crippen molar-refractivity contribution in [1.82, 2.24) is 10.3 Å². The molecule has 2 rings (SSSR count). The normalized spacial score (nSPS) is 11.2. The van der Waals surface area contributed by atoms with E-state index in [4.69, 9.17) is 0 Å². The monoisotopic (exact) mass is 390 g/mol. The minimum Gasteiger partial charge on any atom is -0.325 e. The van der Waals surface area contributed by atoms with Crippen LogP contribution >= 0.6 is 15.9 Å². The molecule has 1 aromatic heterocycles. The summed E-state index contributed by atoms with van der Waals surface area (Å²) in [6.45, 7) is 1.69. The highest BCUT2D eigenvalue weighted by atomic mass is 79.9. The van der Waals surface area contributed by atoms with E-state index in [0.29, 0.717) is 11.5 Å². The van der Waals surface area contributed by atoms with Gasteiger partial charge in [-0.3, -0.25) is 20.2 Å². The number of anilines is 2. The number of urea groups is 1. The molecule has 0 aliphatic rings. The fraction of sp³-hybridized carbons (Fsp3) is 0.125. The second kappa shape index (κ2) is 8.21. The van der Waals surface area contributed by atoms with Crippen LogP contribution in [0.4, 0.5) is 16.3 Å². The Labute approximate surface area is 147 Å². The molecule has 0 spiro atoms. The molecular weight excluding hydrogens is 376 g/mol. The zero-order valence-corrected chi connectivity index (χ0v) is 14.3. The summed E-state index contributed by atoms with van der Waals surface area (Å²) in [5, 5.41) is 7.30. The van der Waals surface area contributed by atoms with Gasteiger partial charge in [-0.2, -0.15) is 0 Å². The van der Waals surface area contributed by atoms with Crippen LogP contribution in [0.25, 0.3) is 0 Å². The van der Waals surface area contributed by atoms with Gasteiger partial charge < -0.3 is 5.32 Å². The van der Waals surface area contributed by atoms with E-state index in [1.165, 1.54) is 18.3 Å². The summed E-state index contributed by atoms with van der Waals surface area (Å²) in [6.07, 6.45) is 1.52. The number of hydrogen-bond acceptors (Lipinski definition) is 4. The van der Waals surface area contributed by atoms with Crippen LogP contribution in [0.3, 0.4) is 0 Å². The SMILES string of the molecule is CC(Br)C(=O)Nc1cccc(C(=O)NC(=O)Nc2ccccn2)c1. The van der Waals surface area contributed by atoms with Gasteiger partial charge in [0.2, 0.25) is 5.91 Å². The highest BCUT2D eigenvalue weighted by Gasteiger charge is 2.13. The van der Waals surface area contributed by atoms with Crippen LogP contribution in [0.15, 0.2) is 48.7 Å². The third kappa shape index (κ3) is 5.17. The molecule has 0 saturated carbocycles. The Kier molecular flexibility index (Phi) is 6.02. The first-order valence-corrected chi connectivity index (χ1v) is 7.95. The average Bonchev–Trinajstić information content (AvgIpc) is 2.55. The van der Waals surface area contributed by atoms with E-state index >= 15 is 0 Å². The number of aromatic nitrogens is 1. The van der Waals surface area contributed by atoms with Gasteiger partial charge in [0.25, 0.3) is 5.91 Å². The van der Waals surface area contributed by atoms with E-state index in [0.717, 1.165) is 0 Å². The van der Waals surface area contributed by atoms with Crippen molar-refractivity contribution in [3.05, 3.63) is 54.2 Å². The maximum Gasteiger partial charge on any atom is 0.327 e. The van der Waals surface area contributed by atoms with E-state index < -0.39 is 11.9 Å². The Morgan fingerprint density at radius 3 is 2.54 bits per heavy atom. The number of hydrogen-bond donors (Lipinski definition) is 3. The van der Waals surface area contributed by atoms with Gasteiger partial charge in [0.1, 0.15) is 5.82 Å². The van der Waals surface area contributed by atoms with Gasteiger partial charge in [-0.15, -0.1) is 0 Å². The summed E-state index contributed by atoms with van der Waals surface area (Å²) in [5.41, 5.74) is 0.704. The largest absolute Gasteiger partial charge is 0.327 e. The topological polar surface area (TPSA) is 100 Å². The fourth-order valence-electron chi connectivity index (χ4n) is 1.74. The van der Waals surface area contributed by atoms with Crippen LogP contribution in [0.5, 0.6) is 0 Å². The molecule has 4 amide bonds. The number of carbonyl (C=O) groups is 3. The first-order chi connectivity index (χ1) is 11.5. The van der Waals surface area contributed by atoms with Crippen LogP contribution in [-0.4, -0.2) is 27.7 Å². The van der Waals surface area contributed by atoms with Gasteiger partial charge >= 0.3 is 6.03 Å². The van der Waals surface area contributed by atoms with E-state index in [9.17, 15) is 14.4 Å². The van der Waals surface area contributed by atoms with Crippen molar-refractivity contribution in [2.75, 3.05) is 10.6 Å². The molecule has 8 heteroatoms. The lowest BCUT2D eigenvalue weighted by Crippen LogP contribution is -2.34. The second-order valence-electron chi connectivity index (χ2n) is 4.81. The number of amides is 4. The van der Waals surface area contributed by atoms with Crippen molar-refractivity contribution in [2.45, 2.75) is 11.8 Å². The lowest BCUT2D eigenvalue weighted by Gasteiger charge is -2.09. The first kappa shape index (κ1) is 17.6. The predicted octanol–water partition coefficient (Wildman–Crippen LogP) is 2.77. The predicted molar refractivity (Wildman–Crippen MR) is 94.2 cm³/mol. The van der Waals surface area contributed by atoms with Crippen LogP contribution in [0.2, 0.25) is 0 Å². The molecule has 0 saturated heterocycles. The molecule has 1 heterocycles. The Hall–Kier alpha value is -2.74. The summed E-state index contributed by atoms with van der Waals surface area (Å²) < 4.78 is 0. The van der Waals surface area contributed by atoms with Crippen molar-refractivity contribution in [3.63, 3.8) is 0 Å². The number of alkyl halides is 1. The third-order valence-electron chi connectivity index (χ3n) is 2.89. The van der Waals surface area contributed by atoms with Crippen LogP contribution in [0, 0.1) is 0 Å². The zero-order valence-electron chi connectivity index (χ0n) is 12.7. The zero-order chi connectivity index (χ0) is 17.5. The summed E-state index contributed by atoms with van der Waals surface area (Å²) >= 11 is 3.16. The molecule has 1 aromatic carbocycles. The Bertz CT molecular complexity index is 750. The molecule has 24 heavy (non-hydrogen) atoms. The summed E-state index contributed by atoms with van der Waals surface area (Å²) in [6, 6.07) is 10.6. The van der Waals surface area contributed by atoms with Crippen LogP contribution < -0.4 is 16.0 Å². The van der Waals surface area contributed by atoms with Crippen molar-refractivity contribution < 1.29 is 14.4 Å². The van der Waals surface area contributed by atoms with Gasteiger partial charge in [-0.25, -0.2) is 9.78 Å². The minimum absolute atomic E-state index is 0.236. The molecule has 0 aliphatic carbocycles. The number of nitrogens with zero attached hydrogens (tertiary/aromatic N) is 1. The Balaban J connectivity index is 1.99. The maximum atomic E-state index is 12.1. The van der Waals surface area contributed by atoms with Gasteiger partial charge in [-0.1, -0.05) is 28.1 Å². The lowest BCUT2D eigenvalue weighted by atomic mass is 10.2. The minimum atomic E-state index is -0.692. The van der Waals surface area contributed by atoms with Crippen molar-refractivity contribution in [1.29, 1.82) is 0 Å². The number of pyridine rings is 1. The summed E-state index contributed by atoms with van der Waals surface area (Å²) in [7, 11) is 0. The molecule has 124 valence electrons. The fourth-order valence-corrected chi connectivity index (χ4v) is 1.85. The van der Waals surface area contributed by atoms with Crippen molar-refractivity contribution in [2.24, 2.45) is 0 Å². The number of halogens is 1. The van der Waals surface area contributed by atoms with Gasteiger partial charge in [0, 0.05) is 17.4 Å². The molecule has 0 radical (unpaired) electrons. The smallest absolute Gasteiger partial charge is 0.325 e. The van der Waals surface area contributed by atoms with Crippen LogP contribution in [-0.2, 0) is 4.79 Å². The van der Waals surface area contributed by atoms with Crippen molar-refractivity contribution >= 4 is 45.3 Å². The highest BCUT2D eigenvalue weighted by molar-refractivity contribution is 9.10. The molecule has 0 aliphatic heterocycles. The summed E-state index contributed by atoms with van der Waals surface area (Å²) in [4.78, 5) is 39.1. The first-order valence-electron chi connectivity index (χ1n) is 7.04. The Morgan fingerprint density at radius 1 is 1.08 bits per heavy atom. The molecule has 1 unspecified atom stereocenters. The van der Waals surface area contributed by atoms with Gasteiger partial charge in [-0.05, 0) is 37.3 Å². The number of benzene rings is 1. The molecule has 7 nitrogen and oxygen atoms in total.